The Morgan fingerprint density at radius 2 is 1.87 bits per heavy atom. The van der Waals surface area contributed by atoms with Crippen molar-refractivity contribution >= 4 is 33.3 Å². The van der Waals surface area contributed by atoms with Crippen molar-refractivity contribution in [2.45, 2.75) is 11.8 Å². The Kier molecular flexibility index (Phi) is 5.08. The molecule has 23 heavy (non-hydrogen) atoms. The van der Waals surface area contributed by atoms with Crippen molar-refractivity contribution in [3.05, 3.63) is 65.7 Å². The van der Waals surface area contributed by atoms with Crippen LogP contribution >= 0.6 is 11.6 Å². The second-order valence-electron chi connectivity index (χ2n) is 4.66. The number of carbonyl (C=O) groups is 1. The molecule has 1 N–H and O–H groups in total. The number of hydrogen-bond donors (Lipinski definition) is 1. The highest BCUT2D eigenvalue weighted by Gasteiger charge is 2.19. The number of ether oxygens (including phenoxy) is 1. The maximum atomic E-state index is 12.4. The molecule has 0 fully saturated rings. The first-order valence-electron chi connectivity index (χ1n) is 6.56. The summed E-state index contributed by atoms with van der Waals surface area (Å²) in [6.07, 6.45) is 0.960. The number of sulfonamides is 1. The van der Waals surface area contributed by atoms with E-state index in [-0.39, 0.29) is 21.4 Å². The van der Waals surface area contributed by atoms with Crippen LogP contribution in [0.15, 0.2) is 60.0 Å². The first-order chi connectivity index (χ1) is 10.8. The van der Waals surface area contributed by atoms with E-state index < -0.39 is 16.0 Å². The van der Waals surface area contributed by atoms with Gasteiger partial charge in [-0.3, -0.25) is 4.72 Å². The number of nitrogens with one attached hydrogen (secondary N) is 1. The van der Waals surface area contributed by atoms with Crippen LogP contribution < -0.4 is 9.46 Å². The highest BCUT2D eigenvalue weighted by Crippen LogP contribution is 2.34. The lowest BCUT2D eigenvalue weighted by Crippen LogP contribution is -2.15. The highest BCUT2D eigenvalue weighted by atomic mass is 35.5. The molecule has 0 heterocycles. The van der Waals surface area contributed by atoms with E-state index in [1.807, 2.05) is 6.92 Å². The fraction of sp³-hybridized carbons (Fsp3) is 0.0625. The molecule has 0 aliphatic carbocycles. The number of para-hydroxylation sites is 1. The highest BCUT2D eigenvalue weighted by molar-refractivity contribution is 7.92. The zero-order valence-corrected chi connectivity index (χ0v) is 13.8. The summed E-state index contributed by atoms with van der Waals surface area (Å²) >= 11 is 5.98. The minimum absolute atomic E-state index is 0.0632. The smallest absolute Gasteiger partial charge is 0.335 e. The molecule has 0 radical (unpaired) electrons. The molecular weight excluding hydrogens is 338 g/mol. The van der Waals surface area contributed by atoms with E-state index in [1.54, 1.807) is 18.2 Å². The van der Waals surface area contributed by atoms with Crippen LogP contribution in [-0.2, 0) is 14.8 Å². The van der Waals surface area contributed by atoms with E-state index in [2.05, 4.69) is 11.3 Å². The standard InChI is InChI=1S/C16H14ClNO4S/c1-3-15(19)22-16-13(17)5-4-6-14(16)18-23(20,21)12-9-7-11(2)8-10-12/h3-10,18H,1H2,2H3. The van der Waals surface area contributed by atoms with Crippen molar-refractivity contribution in [2.24, 2.45) is 0 Å². The van der Waals surface area contributed by atoms with Gasteiger partial charge in [0.25, 0.3) is 10.0 Å². The van der Waals surface area contributed by atoms with Crippen molar-refractivity contribution in [1.29, 1.82) is 0 Å². The summed E-state index contributed by atoms with van der Waals surface area (Å²) in [5.74, 6) is -0.816. The van der Waals surface area contributed by atoms with Gasteiger partial charge in [0.2, 0.25) is 0 Å². The fourth-order valence-corrected chi connectivity index (χ4v) is 3.03. The third kappa shape index (κ3) is 4.12. The number of halogens is 1. The number of carbonyl (C=O) groups excluding carboxylic acids is 1. The molecule has 5 nitrogen and oxygen atoms in total. The van der Waals surface area contributed by atoms with Crippen LogP contribution in [0.2, 0.25) is 5.02 Å². The zero-order chi connectivity index (χ0) is 17.0. The third-order valence-electron chi connectivity index (χ3n) is 2.91. The van der Waals surface area contributed by atoms with Crippen LogP contribution in [-0.4, -0.2) is 14.4 Å². The minimum Gasteiger partial charge on any atom is -0.420 e. The summed E-state index contributed by atoms with van der Waals surface area (Å²) in [5.41, 5.74) is 1.00. The summed E-state index contributed by atoms with van der Waals surface area (Å²) in [6, 6.07) is 10.8. The van der Waals surface area contributed by atoms with Gasteiger partial charge in [0.05, 0.1) is 15.6 Å². The van der Waals surface area contributed by atoms with Crippen LogP contribution in [0.25, 0.3) is 0 Å². The van der Waals surface area contributed by atoms with Crippen LogP contribution in [0.1, 0.15) is 5.56 Å². The lowest BCUT2D eigenvalue weighted by molar-refractivity contribution is -0.128. The van der Waals surface area contributed by atoms with Gasteiger partial charge in [-0.2, -0.15) is 0 Å². The fourth-order valence-electron chi connectivity index (χ4n) is 1.76. The van der Waals surface area contributed by atoms with Crippen molar-refractivity contribution in [3.8, 4) is 5.75 Å². The second kappa shape index (κ2) is 6.85. The lowest BCUT2D eigenvalue weighted by Gasteiger charge is -2.13. The maximum Gasteiger partial charge on any atom is 0.335 e. The van der Waals surface area contributed by atoms with Gasteiger partial charge in [-0.15, -0.1) is 0 Å². The first kappa shape index (κ1) is 17.1. The molecule has 120 valence electrons. The second-order valence-corrected chi connectivity index (χ2v) is 6.75. The molecule has 0 saturated carbocycles. The quantitative estimate of drug-likeness (QED) is 0.508. The van der Waals surface area contributed by atoms with E-state index in [4.69, 9.17) is 16.3 Å². The largest absolute Gasteiger partial charge is 0.420 e. The van der Waals surface area contributed by atoms with Crippen LogP contribution in [0, 0.1) is 6.92 Å². The molecule has 0 saturated heterocycles. The van der Waals surface area contributed by atoms with Crippen molar-refractivity contribution in [2.75, 3.05) is 4.72 Å². The predicted octanol–water partition coefficient (Wildman–Crippen LogP) is 3.54. The van der Waals surface area contributed by atoms with Crippen molar-refractivity contribution in [3.63, 3.8) is 0 Å². The summed E-state index contributed by atoms with van der Waals surface area (Å²) in [7, 11) is -3.84. The van der Waals surface area contributed by atoms with Gasteiger partial charge in [0.15, 0.2) is 5.75 Å². The Hall–Kier alpha value is -2.31. The normalized spacial score (nSPS) is 10.9. The van der Waals surface area contributed by atoms with E-state index in [0.717, 1.165) is 11.6 Å². The molecule has 0 bridgehead atoms. The number of benzene rings is 2. The number of hydrogen-bond acceptors (Lipinski definition) is 4. The van der Waals surface area contributed by atoms with Gasteiger partial charge in [-0.05, 0) is 31.2 Å². The molecule has 0 aliphatic rings. The molecule has 0 amide bonds. The van der Waals surface area contributed by atoms with Crippen LogP contribution in [0.3, 0.4) is 0 Å². The molecule has 0 spiro atoms. The lowest BCUT2D eigenvalue weighted by atomic mass is 10.2. The number of anilines is 1. The van der Waals surface area contributed by atoms with Gasteiger partial charge in [-0.25, -0.2) is 13.2 Å². The van der Waals surface area contributed by atoms with Gasteiger partial charge in [0.1, 0.15) is 0 Å². The van der Waals surface area contributed by atoms with E-state index in [0.29, 0.717) is 0 Å². The molecule has 2 rings (SSSR count). The van der Waals surface area contributed by atoms with Gasteiger partial charge < -0.3 is 4.74 Å². The Labute approximate surface area is 139 Å². The average Bonchev–Trinajstić information content (AvgIpc) is 2.50. The van der Waals surface area contributed by atoms with Gasteiger partial charge in [-0.1, -0.05) is 41.9 Å². The summed E-state index contributed by atoms with van der Waals surface area (Å²) in [4.78, 5) is 11.5. The number of esters is 1. The average molecular weight is 352 g/mol. The Bertz CT molecular complexity index is 845. The minimum atomic E-state index is -3.84. The van der Waals surface area contributed by atoms with Gasteiger partial charge in [0, 0.05) is 6.08 Å². The molecule has 7 heteroatoms. The number of rotatable bonds is 5. The molecule has 0 aromatic heterocycles. The number of aryl methyl sites for hydroxylation is 1. The van der Waals surface area contributed by atoms with Crippen LogP contribution in [0.4, 0.5) is 5.69 Å². The molecule has 2 aromatic carbocycles. The van der Waals surface area contributed by atoms with Crippen molar-refractivity contribution < 1.29 is 17.9 Å². The summed E-state index contributed by atoms with van der Waals surface area (Å²) < 4.78 is 32.2. The predicted molar refractivity (Wildman–Crippen MR) is 89.3 cm³/mol. The molecule has 0 aliphatic heterocycles. The van der Waals surface area contributed by atoms with E-state index in [9.17, 15) is 13.2 Å². The van der Waals surface area contributed by atoms with E-state index in [1.165, 1.54) is 24.3 Å². The van der Waals surface area contributed by atoms with Crippen LogP contribution in [0.5, 0.6) is 5.75 Å². The maximum absolute atomic E-state index is 12.4. The first-order valence-corrected chi connectivity index (χ1v) is 8.42. The summed E-state index contributed by atoms with van der Waals surface area (Å²) in [5, 5.41) is 0.101. The van der Waals surface area contributed by atoms with Crippen molar-refractivity contribution in [1.82, 2.24) is 0 Å². The SMILES string of the molecule is C=CC(=O)Oc1c(Cl)cccc1NS(=O)(=O)c1ccc(C)cc1. The molecular formula is C16H14ClNO4S. The third-order valence-corrected chi connectivity index (χ3v) is 4.59. The molecule has 2 aromatic rings. The Morgan fingerprint density at radius 3 is 2.48 bits per heavy atom. The Morgan fingerprint density at radius 1 is 1.22 bits per heavy atom. The molecule has 0 unspecified atom stereocenters. The zero-order valence-electron chi connectivity index (χ0n) is 12.2. The monoisotopic (exact) mass is 351 g/mol. The summed E-state index contributed by atoms with van der Waals surface area (Å²) in [6.45, 7) is 5.15. The van der Waals surface area contributed by atoms with Gasteiger partial charge >= 0.3 is 5.97 Å². The van der Waals surface area contributed by atoms with E-state index >= 15 is 0 Å². The molecule has 0 atom stereocenters. The topological polar surface area (TPSA) is 72.5 Å². The Balaban J connectivity index is 2.39.